The number of piperidine rings is 1. The number of anilines is 1. The highest BCUT2D eigenvalue weighted by molar-refractivity contribution is 5.87. The number of rotatable bonds is 6. The molecule has 1 N–H and O–H groups in total. The molecule has 12 heteroatoms. The zero-order valence-corrected chi connectivity index (χ0v) is 19.3. The standard InChI is InChI=1S/C23H24F2N8O2/c1-13(2)33-29-23(28-30-33)31-7-5-16(6-8-31)32-11-18(25)20-19(26-12-27-21(20)32)10-14-3-4-15(22(34)35)9-17(14)24/h3-4,9,11-13,16H,5-8,10H2,1-2H3,(H,34,35). The normalized spacial score (nSPS) is 14.8. The van der Waals surface area contributed by atoms with Crippen LogP contribution in [0, 0.1) is 11.6 Å². The van der Waals surface area contributed by atoms with Gasteiger partial charge in [-0.25, -0.2) is 23.5 Å². The number of hydrogen-bond acceptors (Lipinski definition) is 7. The fraction of sp³-hybridized carbons (Fsp3) is 0.391. The van der Waals surface area contributed by atoms with E-state index in [-0.39, 0.29) is 35.0 Å². The van der Waals surface area contributed by atoms with E-state index < -0.39 is 17.6 Å². The maximum Gasteiger partial charge on any atom is 0.335 e. The monoisotopic (exact) mass is 482 g/mol. The molecule has 1 aromatic carbocycles. The molecule has 0 spiro atoms. The summed E-state index contributed by atoms with van der Waals surface area (Å²) in [6, 6.07) is 3.82. The van der Waals surface area contributed by atoms with Crippen LogP contribution in [-0.2, 0) is 6.42 Å². The summed E-state index contributed by atoms with van der Waals surface area (Å²) in [5.74, 6) is -1.77. The predicted molar refractivity (Wildman–Crippen MR) is 122 cm³/mol. The molecule has 0 atom stereocenters. The number of carboxylic acid groups (broad SMARTS) is 1. The first-order valence-electron chi connectivity index (χ1n) is 11.4. The first-order valence-corrected chi connectivity index (χ1v) is 11.4. The minimum atomic E-state index is -1.21. The quantitative estimate of drug-likeness (QED) is 0.445. The van der Waals surface area contributed by atoms with Gasteiger partial charge in [0, 0.05) is 31.7 Å². The minimum Gasteiger partial charge on any atom is -0.478 e. The van der Waals surface area contributed by atoms with Gasteiger partial charge < -0.3 is 14.6 Å². The van der Waals surface area contributed by atoms with Crippen LogP contribution in [0.1, 0.15) is 60.4 Å². The smallest absolute Gasteiger partial charge is 0.335 e. The Morgan fingerprint density at radius 2 is 1.94 bits per heavy atom. The van der Waals surface area contributed by atoms with E-state index in [0.717, 1.165) is 18.9 Å². The Kier molecular flexibility index (Phi) is 5.87. The van der Waals surface area contributed by atoms with E-state index >= 15 is 4.39 Å². The van der Waals surface area contributed by atoms with Gasteiger partial charge >= 0.3 is 5.97 Å². The highest BCUT2D eigenvalue weighted by Crippen LogP contribution is 2.31. The fourth-order valence-corrected chi connectivity index (χ4v) is 4.42. The summed E-state index contributed by atoms with van der Waals surface area (Å²) in [5, 5.41) is 21.9. The lowest BCUT2D eigenvalue weighted by atomic mass is 10.0. The molecule has 4 aromatic rings. The molecule has 5 rings (SSSR count). The summed E-state index contributed by atoms with van der Waals surface area (Å²) in [4.78, 5) is 23.2. The molecule has 1 saturated heterocycles. The van der Waals surface area contributed by atoms with Crippen LogP contribution in [0.5, 0.6) is 0 Å². The van der Waals surface area contributed by atoms with Crippen molar-refractivity contribution < 1.29 is 18.7 Å². The Morgan fingerprint density at radius 1 is 1.17 bits per heavy atom. The van der Waals surface area contributed by atoms with Gasteiger partial charge in [0.05, 0.1) is 22.7 Å². The van der Waals surface area contributed by atoms with Gasteiger partial charge in [-0.15, -0.1) is 5.10 Å². The topological polar surface area (TPSA) is 115 Å². The second kappa shape index (κ2) is 9.01. The van der Waals surface area contributed by atoms with Crippen molar-refractivity contribution in [1.29, 1.82) is 0 Å². The number of halogens is 2. The van der Waals surface area contributed by atoms with Crippen LogP contribution in [0.4, 0.5) is 14.7 Å². The van der Waals surface area contributed by atoms with Crippen LogP contribution in [0.25, 0.3) is 11.0 Å². The molecule has 35 heavy (non-hydrogen) atoms. The first kappa shape index (κ1) is 22.8. The van der Waals surface area contributed by atoms with E-state index in [1.165, 1.54) is 24.7 Å². The molecule has 4 heterocycles. The molecule has 1 aliphatic heterocycles. The SMILES string of the molecule is CC(C)n1nnc(N2CCC(n3cc(F)c4c(Cc5ccc(C(=O)O)cc5F)ncnc43)CC2)n1. The summed E-state index contributed by atoms with van der Waals surface area (Å²) in [7, 11) is 0. The van der Waals surface area contributed by atoms with Crippen molar-refractivity contribution in [2.24, 2.45) is 0 Å². The minimum absolute atomic E-state index is 0.0152. The molecular formula is C23H24F2N8O2. The molecule has 0 saturated carbocycles. The fourth-order valence-electron chi connectivity index (χ4n) is 4.42. The third kappa shape index (κ3) is 4.31. The number of carbonyl (C=O) groups is 1. The van der Waals surface area contributed by atoms with E-state index in [1.54, 1.807) is 4.80 Å². The molecule has 1 fully saturated rings. The molecule has 0 unspecified atom stereocenters. The van der Waals surface area contributed by atoms with Crippen LogP contribution in [0.15, 0.2) is 30.7 Å². The van der Waals surface area contributed by atoms with Gasteiger partial charge in [-0.3, -0.25) is 0 Å². The average Bonchev–Trinajstić information content (AvgIpc) is 3.46. The largest absolute Gasteiger partial charge is 0.478 e. The zero-order valence-electron chi connectivity index (χ0n) is 19.3. The van der Waals surface area contributed by atoms with Crippen molar-refractivity contribution in [3.8, 4) is 0 Å². The number of tetrazole rings is 1. The zero-order chi connectivity index (χ0) is 24.7. The van der Waals surface area contributed by atoms with Crippen molar-refractivity contribution in [3.05, 3.63) is 59.2 Å². The highest BCUT2D eigenvalue weighted by atomic mass is 19.1. The molecule has 0 amide bonds. The lowest BCUT2D eigenvalue weighted by Crippen LogP contribution is -2.35. The van der Waals surface area contributed by atoms with Crippen LogP contribution in [-0.4, -0.2) is 58.9 Å². The molecule has 0 radical (unpaired) electrons. The Morgan fingerprint density at radius 3 is 2.60 bits per heavy atom. The Bertz CT molecular complexity index is 1390. The van der Waals surface area contributed by atoms with Gasteiger partial charge in [0.15, 0.2) is 5.82 Å². The number of carboxylic acids is 1. The van der Waals surface area contributed by atoms with Crippen LogP contribution in [0.3, 0.4) is 0 Å². The number of aromatic carboxylic acids is 1. The summed E-state index contributed by atoms with van der Waals surface area (Å²) in [5.41, 5.74) is 0.889. The van der Waals surface area contributed by atoms with Crippen molar-refractivity contribution in [3.63, 3.8) is 0 Å². The average molecular weight is 482 g/mol. The van der Waals surface area contributed by atoms with Gasteiger partial charge in [-0.05, 0) is 49.6 Å². The van der Waals surface area contributed by atoms with E-state index in [1.807, 2.05) is 18.4 Å². The van der Waals surface area contributed by atoms with E-state index in [0.29, 0.717) is 30.4 Å². The Labute approximate surface area is 199 Å². The summed E-state index contributed by atoms with van der Waals surface area (Å²) in [6.45, 7) is 5.35. The van der Waals surface area contributed by atoms with Crippen molar-refractivity contribution >= 4 is 23.0 Å². The Hall–Kier alpha value is -3.96. The number of fused-ring (bicyclic) bond motifs is 1. The highest BCUT2D eigenvalue weighted by Gasteiger charge is 2.27. The lowest BCUT2D eigenvalue weighted by molar-refractivity contribution is 0.0696. The van der Waals surface area contributed by atoms with Gasteiger partial charge in [0.25, 0.3) is 5.95 Å². The maximum absolute atomic E-state index is 15.1. The van der Waals surface area contributed by atoms with Gasteiger partial charge in [-0.2, -0.15) is 4.80 Å². The number of nitrogens with zero attached hydrogens (tertiary/aromatic N) is 8. The van der Waals surface area contributed by atoms with Crippen molar-refractivity contribution in [2.75, 3.05) is 18.0 Å². The molecule has 0 bridgehead atoms. The predicted octanol–water partition coefficient (Wildman–Crippen LogP) is 3.41. The lowest BCUT2D eigenvalue weighted by Gasteiger charge is -2.31. The van der Waals surface area contributed by atoms with Gasteiger partial charge in [0.1, 0.15) is 17.8 Å². The van der Waals surface area contributed by atoms with Crippen LogP contribution < -0.4 is 4.90 Å². The van der Waals surface area contributed by atoms with Crippen molar-refractivity contribution in [1.82, 2.24) is 34.7 Å². The third-order valence-corrected chi connectivity index (χ3v) is 6.32. The first-order chi connectivity index (χ1) is 16.8. The second-order valence-electron chi connectivity index (χ2n) is 8.91. The molecular weight excluding hydrogens is 458 g/mol. The second-order valence-corrected chi connectivity index (χ2v) is 8.91. The number of hydrogen-bond donors (Lipinski definition) is 1. The summed E-state index contributed by atoms with van der Waals surface area (Å²) >= 11 is 0. The van der Waals surface area contributed by atoms with Gasteiger partial charge in [-0.1, -0.05) is 11.2 Å². The molecule has 3 aromatic heterocycles. The third-order valence-electron chi connectivity index (χ3n) is 6.32. The van der Waals surface area contributed by atoms with E-state index in [4.69, 9.17) is 5.11 Å². The van der Waals surface area contributed by atoms with Crippen molar-refractivity contribution in [2.45, 2.75) is 45.2 Å². The van der Waals surface area contributed by atoms with Crippen LogP contribution in [0.2, 0.25) is 0 Å². The number of aromatic nitrogens is 7. The Balaban J connectivity index is 1.37. The van der Waals surface area contributed by atoms with E-state index in [2.05, 4.69) is 30.3 Å². The molecule has 1 aliphatic rings. The number of benzene rings is 1. The van der Waals surface area contributed by atoms with E-state index in [9.17, 15) is 9.18 Å². The molecule has 0 aliphatic carbocycles. The summed E-state index contributed by atoms with van der Waals surface area (Å²) in [6.07, 6.45) is 4.27. The maximum atomic E-state index is 15.1. The van der Waals surface area contributed by atoms with Crippen LogP contribution >= 0.6 is 0 Å². The van der Waals surface area contributed by atoms with Gasteiger partial charge in [0.2, 0.25) is 0 Å². The molecule has 10 nitrogen and oxygen atoms in total. The summed E-state index contributed by atoms with van der Waals surface area (Å²) < 4.78 is 31.4. The molecule has 182 valence electrons.